The predicted octanol–water partition coefficient (Wildman–Crippen LogP) is 1.91. The number of hydrogen-bond donors (Lipinski definition) is 1. The summed E-state index contributed by atoms with van der Waals surface area (Å²) in [5.41, 5.74) is -11.8. The highest BCUT2D eigenvalue weighted by Gasteiger charge is 2.50. The summed E-state index contributed by atoms with van der Waals surface area (Å²) in [5.74, 6) is -2.83. The van der Waals surface area contributed by atoms with Gasteiger partial charge in [-0.15, -0.1) is 0 Å². The van der Waals surface area contributed by atoms with E-state index in [1.54, 1.807) is 0 Å². The van der Waals surface area contributed by atoms with E-state index in [4.69, 9.17) is 5.11 Å². The van der Waals surface area contributed by atoms with Crippen LogP contribution < -0.4 is 4.18 Å². The van der Waals surface area contributed by atoms with Crippen molar-refractivity contribution in [1.82, 2.24) is 0 Å². The van der Waals surface area contributed by atoms with Crippen molar-refractivity contribution in [3.05, 3.63) is 18.2 Å². The molecule has 14 heteroatoms. The molecule has 0 spiro atoms. The third-order valence-corrected chi connectivity index (χ3v) is 4.51. The van der Waals surface area contributed by atoms with Crippen molar-refractivity contribution in [3.63, 3.8) is 0 Å². The lowest BCUT2D eigenvalue weighted by molar-refractivity contribution is -0.0501. The van der Waals surface area contributed by atoms with Crippen LogP contribution in [0.15, 0.2) is 23.1 Å². The molecule has 0 bridgehead atoms. The van der Waals surface area contributed by atoms with Crippen LogP contribution in [0.25, 0.3) is 0 Å². The van der Waals surface area contributed by atoms with E-state index in [1.807, 2.05) is 0 Å². The van der Waals surface area contributed by atoms with Gasteiger partial charge in [0.2, 0.25) is 0 Å². The van der Waals surface area contributed by atoms with Crippen LogP contribution in [0.1, 0.15) is 0 Å². The van der Waals surface area contributed by atoms with E-state index in [2.05, 4.69) is 4.18 Å². The zero-order valence-corrected chi connectivity index (χ0v) is 11.4. The molecule has 0 aromatic heterocycles. The van der Waals surface area contributed by atoms with Crippen molar-refractivity contribution in [2.75, 3.05) is 0 Å². The molecule has 0 saturated carbocycles. The van der Waals surface area contributed by atoms with E-state index in [1.165, 1.54) is 0 Å². The van der Waals surface area contributed by atoms with Crippen LogP contribution in [0, 0.1) is 0 Å². The van der Waals surface area contributed by atoms with Crippen molar-refractivity contribution >= 4 is 20.0 Å². The first kappa shape index (κ1) is 18.3. The number of benzene rings is 1. The summed E-state index contributed by atoms with van der Waals surface area (Å²) in [6.07, 6.45) is 0. The third-order valence-electron chi connectivity index (χ3n) is 2.01. The van der Waals surface area contributed by atoms with Gasteiger partial charge in [-0.05, 0) is 12.1 Å². The minimum atomic E-state index is -6.22. The molecule has 1 aromatic carbocycles. The first-order valence-electron chi connectivity index (χ1n) is 4.75. The molecule has 0 atom stereocenters. The van der Waals surface area contributed by atoms with Crippen LogP contribution in [0.2, 0.25) is 0 Å². The van der Waals surface area contributed by atoms with Crippen LogP contribution in [-0.2, 0) is 20.0 Å². The average molecular weight is 374 g/mol. The van der Waals surface area contributed by atoms with Crippen LogP contribution >= 0.6 is 0 Å². The highest BCUT2D eigenvalue weighted by atomic mass is 32.2. The minimum absolute atomic E-state index is 0.193. The molecule has 1 aromatic rings. The fourth-order valence-electron chi connectivity index (χ4n) is 1.06. The highest BCUT2D eigenvalue weighted by Crippen LogP contribution is 2.37. The Hall–Kier alpha value is -1.70. The second kappa shape index (κ2) is 5.19. The summed E-state index contributed by atoms with van der Waals surface area (Å²) in [5, 5.41) is 9.09. The van der Waals surface area contributed by atoms with E-state index >= 15 is 0 Å². The van der Waals surface area contributed by atoms with Crippen molar-refractivity contribution in [2.24, 2.45) is 0 Å². The maximum absolute atomic E-state index is 12.3. The van der Waals surface area contributed by atoms with Crippen LogP contribution in [0.3, 0.4) is 0 Å². The molecule has 1 rings (SSSR count). The smallest absolute Gasteiger partial charge is 0.507 e. The molecular weight excluding hydrogens is 370 g/mol. The Kier molecular flexibility index (Phi) is 4.33. The van der Waals surface area contributed by atoms with Gasteiger partial charge in [0.15, 0.2) is 0 Å². The molecule has 0 heterocycles. The number of aromatic hydroxyl groups is 1. The van der Waals surface area contributed by atoms with E-state index in [9.17, 15) is 43.2 Å². The zero-order valence-electron chi connectivity index (χ0n) is 9.80. The lowest BCUT2D eigenvalue weighted by atomic mass is 10.3. The summed E-state index contributed by atoms with van der Waals surface area (Å²) in [6, 6.07) is 0.384. The fourth-order valence-corrected chi connectivity index (χ4v) is 2.38. The highest BCUT2D eigenvalue weighted by molar-refractivity contribution is 7.92. The summed E-state index contributed by atoms with van der Waals surface area (Å²) in [7, 11) is -12.3. The number of phenolic OH excluding ortho intramolecular Hbond substituents is 1. The van der Waals surface area contributed by atoms with Crippen LogP contribution in [-0.4, -0.2) is 33.0 Å². The Balaban J connectivity index is 3.40. The first-order valence-corrected chi connectivity index (χ1v) is 7.64. The third kappa shape index (κ3) is 3.37. The molecule has 0 aliphatic rings. The van der Waals surface area contributed by atoms with Gasteiger partial charge < -0.3 is 9.29 Å². The molecule has 1 N–H and O–H groups in total. The lowest BCUT2D eigenvalue weighted by Gasteiger charge is -2.12. The molecule has 0 amide bonds. The number of sulfone groups is 1. The second-order valence-corrected chi connectivity index (χ2v) is 7.01. The zero-order chi connectivity index (χ0) is 17.6. The van der Waals surface area contributed by atoms with E-state index < -0.39 is 47.4 Å². The monoisotopic (exact) mass is 374 g/mol. The normalized spacial score (nSPS) is 13.9. The maximum Gasteiger partial charge on any atom is 0.534 e. The molecule has 0 aliphatic carbocycles. The van der Waals surface area contributed by atoms with Gasteiger partial charge in [0.25, 0.3) is 9.84 Å². The van der Waals surface area contributed by atoms with Crippen LogP contribution in [0.4, 0.5) is 26.3 Å². The standard InChI is InChI=1S/C8H4F6O6S2/c9-7(10,11)21(16,17)6-3-4(1-2-5(6)15)20-22(18,19)8(12,13)14/h1-3,15H. The van der Waals surface area contributed by atoms with Crippen molar-refractivity contribution in [3.8, 4) is 11.5 Å². The number of phenols is 1. The van der Waals surface area contributed by atoms with E-state index in [0.717, 1.165) is 0 Å². The van der Waals surface area contributed by atoms with E-state index in [-0.39, 0.29) is 12.1 Å². The minimum Gasteiger partial charge on any atom is -0.507 e. The molecule has 0 aliphatic heterocycles. The number of rotatable bonds is 3. The number of halogens is 6. The second-order valence-electron chi connectivity index (χ2n) is 3.56. The fraction of sp³-hybridized carbons (Fsp3) is 0.250. The number of hydrogen-bond acceptors (Lipinski definition) is 6. The topological polar surface area (TPSA) is 97.7 Å². The van der Waals surface area contributed by atoms with Gasteiger partial charge in [-0.2, -0.15) is 34.8 Å². The Morgan fingerprint density at radius 3 is 1.82 bits per heavy atom. The molecule has 0 saturated heterocycles. The van der Waals surface area contributed by atoms with Crippen molar-refractivity contribution in [2.45, 2.75) is 15.9 Å². The molecule has 0 unspecified atom stereocenters. The predicted molar refractivity (Wildman–Crippen MR) is 57.0 cm³/mol. The largest absolute Gasteiger partial charge is 0.534 e. The summed E-state index contributed by atoms with van der Waals surface area (Å²) in [6.45, 7) is 0. The maximum atomic E-state index is 12.3. The first-order chi connectivity index (χ1) is 9.59. The van der Waals surface area contributed by atoms with Gasteiger partial charge in [0.05, 0.1) is 0 Å². The Bertz CT molecular complexity index is 776. The molecular formula is C8H4F6O6S2. The molecule has 126 valence electrons. The summed E-state index contributed by atoms with van der Waals surface area (Å²) >= 11 is 0. The number of alkyl halides is 6. The quantitative estimate of drug-likeness (QED) is 0.493. The average Bonchev–Trinajstić information content (AvgIpc) is 2.28. The Morgan fingerprint density at radius 1 is 0.909 bits per heavy atom. The SMILES string of the molecule is O=S(=O)(Oc1ccc(O)c(S(=O)(=O)C(F)(F)F)c1)C(F)(F)F. The molecule has 0 fully saturated rings. The Morgan fingerprint density at radius 2 is 1.41 bits per heavy atom. The molecule has 22 heavy (non-hydrogen) atoms. The van der Waals surface area contributed by atoms with E-state index in [0.29, 0.717) is 6.07 Å². The van der Waals surface area contributed by atoms with Crippen molar-refractivity contribution in [1.29, 1.82) is 0 Å². The molecule has 6 nitrogen and oxygen atoms in total. The van der Waals surface area contributed by atoms with Gasteiger partial charge in [-0.1, -0.05) is 0 Å². The summed E-state index contributed by atoms with van der Waals surface area (Å²) < 4.78 is 120. The summed E-state index contributed by atoms with van der Waals surface area (Å²) in [4.78, 5) is -1.85. The lowest BCUT2D eigenvalue weighted by Crippen LogP contribution is -2.28. The van der Waals surface area contributed by atoms with Crippen LogP contribution in [0.5, 0.6) is 11.5 Å². The van der Waals surface area contributed by atoms with Crippen molar-refractivity contribution < 1.29 is 52.5 Å². The molecule has 0 radical (unpaired) electrons. The van der Waals surface area contributed by atoms with Gasteiger partial charge in [-0.3, -0.25) is 0 Å². The van der Waals surface area contributed by atoms with Gasteiger partial charge in [0.1, 0.15) is 16.4 Å². The Labute approximate surface area is 119 Å². The van der Waals surface area contributed by atoms with Gasteiger partial charge in [0, 0.05) is 6.07 Å². The van der Waals surface area contributed by atoms with Gasteiger partial charge >= 0.3 is 21.1 Å². The van der Waals surface area contributed by atoms with Gasteiger partial charge in [-0.25, -0.2) is 8.42 Å².